The van der Waals surface area contributed by atoms with E-state index in [2.05, 4.69) is 39.3 Å². The van der Waals surface area contributed by atoms with Crippen LogP contribution in [0.15, 0.2) is 103 Å². The Morgan fingerprint density at radius 2 is 1.61 bits per heavy atom. The zero-order valence-electron chi connectivity index (χ0n) is 27.7. The first-order valence-corrected chi connectivity index (χ1v) is 16.6. The molecule has 49 heavy (non-hydrogen) atoms. The van der Waals surface area contributed by atoms with Crippen molar-refractivity contribution in [2.24, 2.45) is 0 Å². The summed E-state index contributed by atoms with van der Waals surface area (Å²) in [5, 5.41) is 6.51. The highest BCUT2D eigenvalue weighted by Crippen LogP contribution is 2.36. The standard InChI is InChI=1S/C38H38ClN7O3/c1-4-45(5-2)21-22-49-32-18-15-30(16-19-32)42-37-40-24-29-25-46(38(48)44(3)35(29)43-37)34-23-31(17-20-33(34)39)41-36(47)28-13-11-27(12-14-28)26-9-7-6-8-10-26/h6-20,23-24H,4-5,21-22,25H2,1-3H3,(H,41,47)(H,40,42,43). The molecule has 0 fully saturated rings. The zero-order valence-corrected chi connectivity index (χ0v) is 28.4. The minimum atomic E-state index is -0.315. The van der Waals surface area contributed by atoms with Gasteiger partial charge in [-0.3, -0.25) is 14.6 Å². The van der Waals surface area contributed by atoms with Gasteiger partial charge in [0.15, 0.2) is 0 Å². The van der Waals surface area contributed by atoms with Crippen LogP contribution in [0, 0.1) is 0 Å². The van der Waals surface area contributed by atoms with Crippen LogP contribution in [0.4, 0.5) is 33.6 Å². The molecular weight excluding hydrogens is 638 g/mol. The van der Waals surface area contributed by atoms with Crippen molar-refractivity contribution in [3.8, 4) is 16.9 Å². The number of ether oxygens (including phenoxy) is 1. The average Bonchev–Trinajstić information content (AvgIpc) is 3.14. The maximum Gasteiger partial charge on any atom is 0.330 e. The van der Waals surface area contributed by atoms with Crippen LogP contribution in [-0.4, -0.2) is 60.1 Å². The van der Waals surface area contributed by atoms with E-state index in [-0.39, 0.29) is 18.5 Å². The second kappa shape index (κ2) is 15.2. The first kappa shape index (κ1) is 33.5. The van der Waals surface area contributed by atoms with Crippen molar-refractivity contribution < 1.29 is 14.3 Å². The largest absolute Gasteiger partial charge is 0.492 e. The highest BCUT2D eigenvalue weighted by Gasteiger charge is 2.32. The van der Waals surface area contributed by atoms with E-state index in [1.54, 1.807) is 48.5 Å². The molecule has 0 saturated heterocycles. The fourth-order valence-corrected chi connectivity index (χ4v) is 5.82. The summed E-state index contributed by atoms with van der Waals surface area (Å²) in [7, 11) is 1.66. The van der Waals surface area contributed by atoms with Crippen molar-refractivity contribution in [2.75, 3.05) is 53.7 Å². The number of hydrogen-bond acceptors (Lipinski definition) is 7. The van der Waals surface area contributed by atoms with Crippen molar-refractivity contribution in [1.29, 1.82) is 0 Å². The molecule has 0 aliphatic carbocycles. The molecule has 5 aromatic rings. The number of likely N-dealkylation sites (N-methyl/N-ethyl adjacent to an activating group) is 1. The molecule has 10 nitrogen and oxygen atoms in total. The number of carbonyl (C=O) groups is 2. The lowest BCUT2D eigenvalue weighted by molar-refractivity contribution is 0.102. The van der Waals surface area contributed by atoms with Gasteiger partial charge in [-0.25, -0.2) is 9.78 Å². The predicted octanol–water partition coefficient (Wildman–Crippen LogP) is 8.09. The van der Waals surface area contributed by atoms with Gasteiger partial charge < -0.3 is 20.3 Å². The van der Waals surface area contributed by atoms with Crippen LogP contribution in [0.3, 0.4) is 0 Å². The molecule has 3 amide bonds. The number of urea groups is 1. The smallest absolute Gasteiger partial charge is 0.330 e. The van der Waals surface area contributed by atoms with Crippen LogP contribution >= 0.6 is 11.6 Å². The Labute approximate surface area is 291 Å². The van der Waals surface area contributed by atoms with Gasteiger partial charge in [-0.1, -0.05) is 67.9 Å². The molecular formula is C38H38ClN7O3. The van der Waals surface area contributed by atoms with E-state index < -0.39 is 0 Å². The molecule has 4 aromatic carbocycles. The van der Waals surface area contributed by atoms with Gasteiger partial charge in [0.2, 0.25) is 5.95 Å². The number of aromatic nitrogens is 2. The summed E-state index contributed by atoms with van der Waals surface area (Å²) in [6.45, 7) is 7.97. The minimum absolute atomic E-state index is 0.205. The van der Waals surface area contributed by atoms with Crippen LogP contribution in [0.5, 0.6) is 5.75 Å². The van der Waals surface area contributed by atoms with Gasteiger partial charge in [-0.15, -0.1) is 0 Å². The van der Waals surface area contributed by atoms with Gasteiger partial charge >= 0.3 is 6.03 Å². The van der Waals surface area contributed by atoms with Crippen molar-refractivity contribution in [1.82, 2.24) is 14.9 Å². The molecule has 2 N–H and O–H groups in total. The van der Waals surface area contributed by atoms with E-state index in [0.717, 1.165) is 47.8 Å². The molecule has 0 bridgehead atoms. The highest BCUT2D eigenvalue weighted by atomic mass is 35.5. The molecule has 6 rings (SSSR count). The number of benzene rings is 4. The van der Waals surface area contributed by atoms with Crippen molar-refractivity contribution in [2.45, 2.75) is 20.4 Å². The van der Waals surface area contributed by atoms with E-state index in [1.807, 2.05) is 66.7 Å². The summed E-state index contributed by atoms with van der Waals surface area (Å²) >= 11 is 6.60. The van der Waals surface area contributed by atoms with Crippen molar-refractivity contribution in [3.05, 3.63) is 119 Å². The predicted molar refractivity (Wildman–Crippen MR) is 196 cm³/mol. The third-order valence-corrected chi connectivity index (χ3v) is 8.76. The monoisotopic (exact) mass is 675 g/mol. The molecule has 1 aromatic heterocycles. The molecule has 2 heterocycles. The Kier molecular flexibility index (Phi) is 10.4. The van der Waals surface area contributed by atoms with Crippen molar-refractivity contribution >= 4 is 52.4 Å². The number of carbonyl (C=O) groups excluding carboxylic acids is 2. The van der Waals surface area contributed by atoms with Gasteiger partial charge in [0, 0.05) is 42.3 Å². The summed E-state index contributed by atoms with van der Waals surface area (Å²) in [4.78, 5) is 41.2. The summed E-state index contributed by atoms with van der Waals surface area (Å²) in [5.74, 6) is 1.37. The van der Waals surface area contributed by atoms with Gasteiger partial charge in [-0.2, -0.15) is 4.98 Å². The Morgan fingerprint density at radius 3 is 2.33 bits per heavy atom. The second-order valence-corrected chi connectivity index (χ2v) is 12.0. The number of nitrogens with zero attached hydrogens (tertiary/aromatic N) is 5. The Balaban J connectivity index is 1.11. The lowest BCUT2D eigenvalue weighted by Crippen LogP contribution is -2.46. The number of hydrogen-bond donors (Lipinski definition) is 2. The number of nitrogens with one attached hydrogen (secondary N) is 2. The van der Waals surface area contributed by atoms with Crippen LogP contribution in [0.2, 0.25) is 5.02 Å². The fraction of sp³-hybridized carbons (Fsp3) is 0.211. The molecule has 0 radical (unpaired) electrons. The van der Waals surface area contributed by atoms with Gasteiger partial charge in [-0.05, 0) is 78.8 Å². The maximum atomic E-state index is 13.6. The fourth-order valence-electron chi connectivity index (χ4n) is 5.60. The molecule has 0 saturated carbocycles. The van der Waals surface area contributed by atoms with E-state index in [1.165, 1.54) is 4.90 Å². The minimum Gasteiger partial charge on any atom is -0.492 e. The maximum absolute atomic E-state index is 13.6. The van der Waals surface area contributed by atoms with Crippen LogP contribution in [0.25, 0.3) is 11.1 Å². The topological polar surface area (TPSA) is 103 Å². The highest BCUT2D eigenvalue weighted by molar-refractivity contribution is 6.34. The summed E-state index contributed by atoms with van der Waals surface area (Å²) in [5.41, 5.74) is 5.11. The molecule has 0 spiro atoms. The first-order valence-electron chi connectivity index (χ1n) is 16.2. The summed E-state index contributed by atoms with van der Waals surface area (Å²) in [6, 6.07) is 29.7. The molecule has 0 atom stereocenters. The third kappa shape index (κ3) is 7.83. The van der Waals surface area contributed by atoms with E-state index >= 15 is 0 Å². The van der Waals surface area contributed by atoms with E-state index in [0.29, 0.717) is 40.3 Å². The SMILES string of the molecule is CCN(CC)CCOc1ccc(Nc2ncc3c(n2)N(C)C(=O)N(c2cc(NC(=O)c4ccc(-c5ccccc5)cc4)ccc2Cl)C3)cc1. The number of halogens is 1. The Bertz CT molecular complexity index is 1920. The molecule has 0 unspecified atom stereocenters. The molecule has 1 aliphatic rings. The van der Waals surface area contributed by atoms with Crippen LogP contribution in [-0.2, 0) is 6.54 Å². The van der Waals surface area contributed by atoms with E-state index in [4.69, 9.17) is 16.3 Å². The summed E-state index contributed by atoms with van der Waals surface area (Å²) in [6.07, 6.45) is 1.70. The number of rotatable bonds is 12. The summed E-state index contributed by atoms with van der Waals surface area (Å²) < 4.78 is 5.89. The Hall–Kier alpha value is -5.45. The van der Waals surface area contributed by atoms with E-state index in [9.17, 15) is 9.59 Å². The lowest BCUT2D eigenvalue weighted by Gasteiger charge is -2.34. The number of anilines is 5. The van der Waals surface area contributed by atoms with Gasteiger partial charge in [0.05, 0.1) is 17.3 Å². The quantitative estimate of drug-likeness (QED) is 0.138. The van der Waals surface area contributed by atoms with Crippen molar-refractivity contribution in [3.63, 3.8) is 0 Å². The second-order valence-electron chi connectivity index (χ2n) is 11.6. The molecule has 250 valence electrons. The van der Waals surface area contributed by atoms with Gasteiger partial charge in [0.1, 0.15) is 18.2 Å². The lowest BCUT2D eigenvalue weighted by atomic mass is 10.0. The molecule has 1 aliphatic heterocycles. The first-order chi connectivity index (χ1) is 23.8. The average molecular weight is 676 g/mol. The number of amides is 3. The van der Waals surface area contributed by atoms with Crippen LogP contribution in [0.1, 0.15) is 29.8 Å². The normalized spacial score (nSPS) is 12.6. The third-order valence-electron chi connectivity index (χ3n) is 8.44. The number of fused-ring (bicyclic) bond motifs is 1. The molecule has 11 heteroatoms. The Morgan fingerprint density at radius 1 is 0.918 bits per heavy atom. The zero-order chi connectivity index (χ0) is 34.3. The van der Waals surface area contributed by atoms with Crippen LogP contribution < -0.4 is 25.2 Å². The van der Waals surface area contributed by atoms with Gasteiger partial charge in [0.25, 0.3) is 5.91 Å².